The van der Waals surface area contributed by atoms with Crippen LogP contribution in [0.1, 0.15) is 26.3 Å². The average Bonchev–Trinajstić information content (AvgIpc) is 2.14. The second kappa shape index (κ2) is 3.44. The van der Waals surface area contributed by atoms with Gasteiger partial charge in [-0.1, -0.05) is 6.07 Å². The first-order chi connectivity index (χ1) is 7.02. The lowest BCUT2D eigenvalue weighted by atomic mass is 9.98. The summed E-state index contributed by atoms with van der Waals surface area (Å²) >= 11 is 0. The fourth-order valence-corrected chi connectivity index (χ4v) is 2.27. The molecule has 1 aromatic carbocycles. The average molecular weight is 204 g/mol. The van der Waals surface area contributed by atoms with Crippen molar-refractivity contribution in [2.24, 2.45) is 0 Å². The normalized spacial score (nSPS) is 18.3. The molecule has 0 bridgehead atoms. The van der Waals surface area contributed by atoms with E-state index >= 15 is 0 Å². The minimum Gasteiger partial charge on any atom is -0.377 e. The van der Waals surface area contributed by atoms with E-state index in [4.69, 9.17) is 0 Å². The zero-order chi connectivity index (χ0) is 11.1. The third-order valence-corrected chi connectivity index (χ3v) is 2.93. The van der Waals surface area contributed by atoms with Crippen molar-refractivity contribution in [3.63, 3.8) is 0 Å². The monoisotopic (exact) mass is 204 g/mol. The van der Waals surface area contributed by atoms with Crippen molar-refractivity contribution in [1.82, 2.24) is 0 Å². The first-order valence-corrected chi connectivity index (χ1v) is 5.65. The summed E-state index contributed by atoms with van der Waals surface area (Å²) in [4.78, 5) is 2.44. The van der Waals surface area contributed by atoms with Gasteiger partial charge in [0.05, 0.1) is 11.4 Å². The van der Waals surface area contributed by atoms with E-state index in [1.165, 1.54) is 16.9 Å². The fourth-order valence-electron chi connectivity index (χ4n) is 2.27. The zero-order valence-corrected chi connectivity index (χ0v) is 10.1. The molecule has 0 amide bonds. The van der Waals surface area contributed by atoms with Gasteiger partial charge in [0.25, 0.3) is 0 Å². The lowest BCUT2D eigenvalue weighted by molar-refractivity contribution is 0.537. The fraction of sp³-hybridized carbons (Fsp3) is 0.538. The van der Waals surface area contributed by atoms with Crippen LogP contribution in [0.25, 0.3) is 0 Å². The van der Waals surface area contributed by atoms with E-state index in [0.717, 1.165) is 13.1 Å². The van der Waals surface area contributed by atoms with Crippen molar-refractivity contribution < 1.29 is 0 Å². The van der Waals surface area contributed by atoms with E-state index in [1.807, 2.05) is 0 Å². The van der Waals surface area contributed by atoms with Crippen LogP contribution in [-0.2, 0) is 0 Å². The number of aryl methyl sites for hydroxylation is 1. The Bertz CT molecular complexity index is 369. The molecular weight excluding hydrogens is 184 g/mol. The standard InChI is InChI=1S/C13H20N2/c1-5-15-9-13(3,4)14-11-8-10(2)6-7-12(11)15/h6-8,14H,5,9H2,1-4H3. The van der Waals surface area contributed by atoms with Crippen LogP contribution >= 0.6 is 0 Å². The molecule has 0 saturated carbocycles. The highest BCUT2D eigenvalue weighted by atomic mass is 15.2. The summed E-state index contributed by atoms with van der Waals surface area (Å²) < 4.78 is 0. The summed E-state index contributed by atoms with van der Waals surface area (Å²) in [6.07, 6.45) is 0. The number of anilines is 2. The van der Waals surface area contributed by atoms with E-state index in [1.54, 1.807) is 0 Å². The maximum Gasteiger partial charge on any atom is 0.0603 e. The highest BCUT2D eigenvalue weighted by Crippen LogP contribution is 2.34. The number of hydrogen-bond acceptors (Lipinski definition) is 2. The van der Waals surface area contributed by atoms with Crippen LogP contribution in [0.2, 0.25) is 0 Å². The second-order valence-electron chi connectivity index (χ2n) is 5.04. The van der Waals surface area contributed by atoms with Crippen molar-refractivity contribution in [1.29, 1.82) is 0 Å². The van der Waals surface area contributed by atoms with Crippen LogP contribution in [0.15, 0.2) is 18.2 Å². The topological polar surface area (TPSA) is 15.3 Å². The van der Waals surface area contributed by atoms with Gasteiger partial charge in [0, 0.05) is 18.6 Å². The third-order valence-electron chi connectivity index (χ3n) is 2.93. The van der Waals surface area contributed by atoms with Crippen LogP contribution in [0.4, 0.5) is 11.4 Å². The Hall–Kier alpha value is -1.18. The number of fused-ring (bicyclic) bond motifs is 1. The molecule has 0 radical (unpaired) electrons. The third kappa shape index (κ3) is 1.94. The minimum absolute atomic E-state index is 0.163. The first kappa shape index (κ1) is 10.3. The summed E-state index contributed by atoms with van der Waals surface area (Å²) in [7, 11) is 0. The molecule has 15 heavy (non-hydrogen) atoms. The SMILES string of the molecule is CCN1CC(C)(C)Nc2cc(C)ccc21. The highest BCUT2D eigenvalue weighted by Gasteiger charge is 2.28. The van der Waals surface area contributed by atoms with E-state index in [9.17, 15) is 0 Å². The summed E-state index contributed by atoms with van der Waals surface area (Å²) in [5.74, 6) is 0. The Morgan fingerprint density at radius 2 is 2.13 bits per heavy atom. The first-order valence-electron chi connectivity index (χ1n) is 5.65. The van der Waals surface area contributed by atoms with Crippen LogP contribution in [0.3, 0.4) is 0 Å². The van der Waals surface area contributed by atoms with E-state index in [-0.39, 0.29) is 5.54 Å². The molecule has 0 atom stereocenters. The number of nitrogens with one attached hydrogen (secondary N) is 1. The van der Waals surface area contributed by atoms with Crippen LogP contribution < -0.4 is 10.2 Å². The van der Waals surface area contributed by atoms with Gasteiger partial charge >= 0.3 is 0 Å². The molecule has 2 nitrogen and oxygen atoms in total. The number of rotatable bonds is 1. The number of likely N-dealkylation sites (N-methyl/N-ethyl adjacent to an activating group) is 1. The summed E-state index contributed by atoms with van der Waals surface area (Å²) in [5.41, 5.74) is 4.09. The molecule has 0 spiro atoms. The van der Waals surface area contributed by atoms with Crippen LogP contribution in [0, 0.1) is 6.92 Å². The molecule has 1 aromatic rings. The van der Waals surface area contributed by atoms with Crippen molar-refractivity contribution in [3.8, 4) is 0 Å². The largest absolute Gasteiger partial charge is 0.377 e. The van der Waals surface area contributed by atoms with Gasteiger partial charge in [-0.2, -0.15) is 0 Å². The number of benzene rings is 1. The lowest BCUT2D eigenvalue weighted by Gasteiger charge is -2.41. The van der Waals surface area contributed by atoms with Gasteiger partial charge in [0.2, 0.25) is 0 Å². The van der Waals surface area contributed by atoms with Crippen molar-refractivity contribution in [3.05, 3.63) is 23.8 Å². The molecule has 1 heterocycles. The minimum atomic E-state index is 0.163. The summed E-state index contributed by atoms with van der Waals surface area (Å²) in [5, 5.41) is 3.60. The second-order valence-corrected chi connectivity index (χ2v) is 5.04. The molecule has 1 N–H and O–H groups in total. The molecule has 0 saturated heterocycles. The molecule has 1 aliphatic heterocycles. The van der Waals surface area contributed by atoms with Crippen molar-refractivity contribution in [2.75, 3.05) is 23.3 Å². The zero-order valence-electron chi connectivity index (χ0n) is 10.1. The molecule has 2 heteroatoms. The summed E-state index contributed by atoms with van der Waals surface area (Å²) in [6.45, 7) is 11.0. The van der Waals surface area contributed by atoms with Gasteiger partial charge in [-0.05, 0) is 45.4 Å². The van der Waals surface area contributed by atoms with Gasteiger partial charge in [-0.3, -0.25) is 0 Å². The van der Waals surface area contributed by atoms with Crippen LogP contribution in [0.5, 0.6) is 0 Å². The van der Waals surface area contributed by atoms with E-state index in [2.05, 4.69) is 56.1 Å². The molecule has 82 valence electrons. The van der Waals surface area contributed by atoms with Crippen LogP contribution in [-0.4, -0.2) is 18.6 Å². The lowest BCUT2D eigenvalue weighted by Crippen LogP contribution is -2.48. The van der Waals surface area contributed by atoms with Gasteiger partial charge < -0.3 is 10.2 Å². The van der Waals surface area contributed by atoms with E-state index in [0.29, 0.717) is 0 Å². The molecule has 0 aliphatic carbocycles. The van der Waals surface area contributed by atoms with Crippen molar-refractivity contribution in [2.45, 2.75) is 33.2 Å². The smallest absolute Gasteiger partial charge is 0.0603 e. The molecule has 1 aliphatic rings. The van der Waals surface area contributed by atoms with Gasteiger partial charge in [0.15, 0.2) is 0 Å². The Labute approximate surface area is 92.3 Å². The molecular formula is C13H20N2. The molecule has 0 aromatic heterocycles. The number of hydrogen-bond donors (Lipinski definition) is 1. The Morgan fingerprint density at radius 1 is 1.40 bits per heavy atom. The Kier molecular flexibility index (Phi) is 2.37. The maximum absolute atomic E-state index is 3.60. The molecule has 2 rings (SSSR count). The molecule has 0 unspecified atom stereocenters. The van der Waals surface area contributed by atoms with Crippen molar-refractivity contribution >= 4 is 11.4 Å². The van der Waals surface area contributed by atoms with E-state index < -0.39 is 0 Å². The van der Waals surface area contributed by atoms with Gasteiger partial charge in [-0.25, -0.2) is 0 Å². The predicted molar refractivity (Wildman–Crippen MR) is 66.8 cm³/mol. The van der Waals surface area contributed by atoms with Gasteiger partial charge in [-0.15, -0.1) is 0 Å². The quantitative estimate of drug-likeness (QED) is 0.756. The predicted octanol–water partition coefficient (Wildman–Crippen LogP) is 3.03. The van der Waals surface area contributed by atoms with Gasteiger partial charge in [0.1, 0.15) is 0 Å². The summed E-state index contributed by atoms with van der Waals surface area (Å²) in [6, 6.07) is 6.64. The molecule has 0 fully saturated rings. The maximum atomic E-state index is 3.60. The Morgan fingerprint density at radius 3 is 2.80 bits per heavy atom. The Balaban J connectivity index is 2.44. The highest BCUT2D eigenvalue weighted by molar-refractivity contribution is 5.74. The number of nitrogens with zero attached hydrogens (tertiary/aromatic N) is 1.